The molecule has 1 unspecified atom stereocenters. The summed E-state index contributed by atoms with van der Waals surface area (Å²) in [6.07, 6.45) is 12.3. The number of nitrogens with zero attached hydrogens (tertiary/aromatic N) is 4. The van der Waals surface area contributed by atoms with Crippen LogP contribution in [0.25, 0.3) is 0 Å². The third kappa shape index (κ3) is 10.8. The summed E-state index contributed by atoms with van der Waals surface area (Å²) in [4.78, 5) is 49.9. The highest BCUT2D eigenvalue weighted by atomic mass is 35.5. The molecule has 330 valence electrons. The molecule has 3 aromatic carbocycles. The molecule has 0 bridgehead atoms. The van der Waals surface area contributed by atoms with Crippen LogP contribution >= 0.6 is 19.2 Å². The number of carbonyl (C=O) groups is 3. The molecule has 0 spiro atoms. The lowest BCUT2D eigenvalue weighted by Crippen LogP contribution is -2.52. The Labute approximate surface area is 368 Å². The first-order valence-corrected chi connectivity index (χ1v) is 23.3. The number of aryl methyl sites for hydroxylation is 1. The maximum atomic E-state index is 13.2. The van der Waals surface area contributed by atoms with E-state index in [1.54, 1.807) is 36.3 Å². The number of aromatic nitrogens is 2. The number of anilines is 5. The molecule has 3 amide bonds. The molecule has 7 rings (SSSR count). The van der Waals surface area contributed by atoms with Crippen molar-refractivity contribution in [2.45, 2.75) is 89.3 Å². The first kappa shape index (κ1) is 45.0. The van der Waals surface area contributed by atoms with Gasteiger partial charge < -0.3 is 39.5 Å². The molecule has 4 aromatic rings. The van der Waals surface area contributed by atoms with Crippen LogP contribution in [0.1, 0.15) is 85.7 Å². The van der Waals surface area contributed by atoms with E-state index in [0.717, 1.165) is 56.6 Å². The van der Waals surface area contributed by atoms with E-state index in [1.807, 2.05) is 24.3 Å². The summed E-state index contributed by atoms with van der Waals surface area (Å²) in [6, 6.07) is 19.0. The van der Waals surface area contributed by atoms with Crippen molar-refractivity contribution in [2.24, 2.45) is 0 Å². The molecule has 3 aliphatic heterocycles. The van der Waals surface area contributed by atoms with E-state index in [0.29, 0.717) is 58.8 Å². The molecule has 15 nitrogen and oxygen atoms in total. The van der Waals surface area contributed by atoms with E-state index >= 15 is 0 Å². The van der Waals surface area contributed by atoms with E-state index < -0.39 is 13.6 Å². The highest BCUT2D eigenvalue weighted by molar-refractivity contribution is 7.62. The number of ether oxygens (including phenoxy) is 1. The zero-order valence-corrected chi connectivity index (χ0v) is 37.2. The van der Waals surface area contributed by atoms with Crippen molar-refractivity contribution in [2.75, 3.05) is 56.5 Å². The van der Waals surface area contributed by atoms with Crippen LogP contribution in [0, 0.1) is 0 Å². The molecule has 2 saturated heterocycles. The number of methoxy groups -OCH3 is 1. The Balaban J connectivity index is 0.794. The molecule has 0 radical (unpaired) electrons. The van der Waals surface area contributed by atoms with Gasteiger partial charge in [-0.3, -0.25) is 24.3 Å². The lowest BCUT2D eigenvalue weighted by atomic mass is 10.0. The van der Waals surface area contributed by atoms with Gasteiger partial charge in [-0.05, 0) is 86.5 Å². The third-order valence-electron chi connectivity index (χ3n) is 11.9. The van der Waals surface area contributed by atoms with Crippen LogP contribution < -0.4 is 36.2 Å². The normalized spacial score (nSPS) is 17.0. The second kappa shape index (κ2) is 20.9. The summed E-state index contributed by atoms with van der Waals surface area (Å²) < 4.78 is 29.4. The van der Waals surface area contributed by atoms with Crippen LogP contribution in [-0.4, -0.2) is 85.6 Å². The zero-order valence-electron chi connectivity index (χ0n) is 35.6. The topological polar surface area (TPSA) is 176 Å². The molecule has 0 aliphatic carbocycles. The molecule has 1 atom stereocenters. The number of fused-ring (bicyclic) bond motifs is 1. The Morgan fingerprint density at radius 1 is 0.871 bits per heavy atom. The second-order valence-electron chi connectivity index (χ2n) is 15.9. The van der Waals surface area contributed by atoms with Gasteiger partial charge in [0.05, 0.1) is 30.0 Å². The van der Waals surface area contributed by atoms with Gasteiger partial charge in [0.2, 0.25) is 17.8 Å². The predicted molar refractivity (Wildman–Crippen MR) is 241 cm³/mol. The Morgan fingerprint density at radius 3 is 2.39 bits per heavy atom. The lowest BCUT2D eigenvalue weighted by molar-refractivity contribution is -0.136. The molecule has 17 heteroatoms. The van der Waals surface area contributed by atoms with Crippen LogP contribution in [0.5, 0.6) is 5.75 Å². The Morgan fingerprint density at radius 2 is 1.63 bits per heavy atom. The quantitative estimate of drug-likeness (QED) is 0.0388. The maximum Gasteiger partial charge on any atom is 0.362 e. The molecule has 1 aromatic heterocycles. The first-order valence-electron chi connectivity index (χ1n) is 21.4. The van der Waals surface area contributed by atoms with Gasteiger partial charge in [-0.15, -0.1) is 0 Å². The highest BCUT2D eigenvalue weighted by Gasteiger charge is 2.39. The smallest absolute Gasteiger partial charge is 0.362 e. The highest BCUT2D eigenvalue weighted by Crippen LogP contribution is 2.47. The molecule has 4 N–H and O–H groups in total. The molecule has 3 aliphatic rings. The van der Waals surface area contributed by atoms with Gasteiger partial charge >= 0.3 is 7.60 Å². The Kier molecular flexibility index (Phi) is 15.2. The fourth-order valence-electron chi connectivity index (χ4n) is 8.42. The van der Waals surface area contributed by atoms with E-state index in [4.69, 9.17) is 25.4 Å². The average Bonchev–Trinajstić information content (AvgIpc) is 3.61. The summed E-state index contributed by atoms with van der Waals surface area (Å²) in [5, 5.41) is 13.2. The molecule has 2 fully saturated rings. The van der Waals surface area contributed by atoms with Crippen molar-refractivity contribution in [3.8, 4) is 5.75 Å². The largest absolute Gasteiger partial charge is 0.494 e. The number of nitrogens with one attached hydrogen (secondary N) is 4. The molecular weight excluding hydrogens is 831 g/mol. The zero-order chi connectivity index (χ0) is 43.6. The van der Waals surface area contributed by atoms with Gasteiger partial charge in [-0.2, -0.15) is 4.98 Å². The van der Waals surface area contributed by atoms with Gasteiger partial charge in [0, 0.05) is 63.6 Å². The standard InChI is InChI=1S/C45H56ClN8O7P/c1-59-39-27-33(16-18-36(39)50-45-48-28-35(46)42(52-45)49-37-13-9-10-14-40(37)62(58,60-2)61-3)53-24-21-32(22-25-53)47-23-11-7-5-4-6-8-12-30-15-17-34-31(26-30)29-54(44(34)57)38-19-20-41(55)51-43(38)56/h9-10,13-18,26-28,32,38,47H,4-8,11-12,19-25,29H2,1-3H3,(H,51,55,56)(H2,48,49,50,52). The van der Waals surface area contributed by atoms with Crippen molar-refractivity contribution in [3.05, 3.63) is 88.6 Å². The van der Waals surface area contributed by atoms with E-state index in [-0.39, 0.29) is 29.2 Å². The van der Waals surface area contributed by atoms with Crippen LogP contribution in [0.3, 0.4) is 0 Å². The van der Waals surface area contributed by atoms with Gasteiger partial charge in [-0.25, -0.2) is 4.98 Å². The van der Waals surface area contributed by atoms with Crippen molar-refractivity contribution >= 4 is 71.1 Å². The first-order chi connectivity index (χ1) is 30.1. The van der Waals surface area contributed by atoms with Crippen LogP contribution in [0.15, 0.2) is 66.9 Å². The number of halogens is 1. The maximum absolute atomic E-state index is 13.2. The third-order valence-corrected chi connectivity index (χ3v) is 14.1. The van der Waals surface area contributed by atoms with Crippen molar-refractivity contribution in [3.63, 3.8) is 0 Å². The summed E-state index contributed by atoms with van der Waals surface area (Å²) in [5.41, 5.74) is 5.13. The summed E-state index contributed by atoms with van der Waals surface area (Å²) in [7, 11) is 0.756. The number of amides is 3. The minimum atomic E-state index is -3.55. The van der Waals surface area contributed by atoms with E-state index in [1.165, 1.54) is 58.1 Å². The minimum Gasteiger partial charge on any atom is -0.494 e. The predicted octanol–water partition coefficient (Wildman–Crippen LogP) is 7.64. The van der Waals surface area contributed by atoms with E-state index in [9.17, 15) is 18.9 Å². The Hall–Kier alpha value is -5.05. The monoisotopic (exact) mass is 886 g/mol. The van der Waals surface area contributed by atoms with Gasteiger partial charge in [0.25, 0.3) is 5.91 Å². The van der Waals surface area contributed by atoms with Gasteiger partial charge in [0.1, 0.15) is 16.8 Å². The number of imide groups is 1. The number of rotatable bonds is 20. The number of benzene rings is 3. The van der Waals surface area contributed by atoms with Crippen molar-refractivity contribution < 1.29 is 32.7 Å². The molecule has 4 heterocycles. The molecule has 0 saturated carbocycles. The second-order valence-corrected chi connectivity index (χ2v) is 18.5. The fourth-order valence-corrected chi connectivity index (χ4v) is 9.80. The van der Waals surface area contributed by atoms with E-state index in [2.05, 4.69) is 48.3 Å². The van der Waals surface area contributed by atoms with Gasteiger partial charge in [0.15, 0.2) is 5.82 Å². The van der Waals surface area contributed by atoms with Crippen molar-refractivity contribution in [1.82, 2.24) is 25.5 Å². The van der Waals surface area contributed by atoms with Crippen LogP contribution in [0.2, 0.25) is 5.02 Å². The minimum absolute atomic E-state index is 0.123. The number of piperidine rings is 2. The summed E-state index contributed by atoms with van der Waals surface area (Å²) in [6.45, 7) is 3.34. The average molecular weight is 887 g/mol. The SMILES string of the molecule is COc1cc(N2CCC(NCCCCCCCCc3ccc4c(c3)CN(C3CCC(=O)NC3=O)C4=O)CC2)ccc1Nc1ncc(Cl)c(Nc2ccccc2P(=O)(OC)OC)n1. The number of hydrogen-bond donors (Lipinski definition) is 4. The number of para-hydroxylation sites is 1. The number of carbonyl (C=O) groups excluding carboxylic acids is 3. The fraction of sp³-hybridized carbons (Fsp3) is 0.444. The molecule has 62 heavy (non-hydrogen) atoms. The summed E-state index contributed by atoms with van der Waals surface area (Å²) >= 11 is 6.47. The Bertz CT molecular complexity index is 2280. The lowest BCUT2D eigenvalue weighted by Gasteiger charge is -2.34. The van der Waals surface area contributed by atoms with Crippen LogP contribution in [-0.2, 0) is 36.2 Å². The number of hydrogen-bond acceptors (Lipinski definition) is 13. The van der Waals surface area contributed by atoms with Crippen molar-refractivity contribution in [1.29, 1.82) is 0 Å². The van der Waals surface area contributed by atoms with Gasteiger partial charge in [-0.1, -0.05) is 61.5 Å². The molecular formula is C45H56ClN8O7P. The van der Waals surface area contributed by atoms with Crippen LogP contribution in [0.4, 0.5) is 28.8 Å². The summed E-state index contributed by atoms with van der Waals surface area (Å²) in [5.74, 6) is 0.492. The number of unbranched alkanes of at least 4 members (excludes halogenated alkanes) is 5.